The van der Waals surface area contributed by atoms with Crippen LogP contribution in [0.25, 0.3) is 0 Å². The topological polar surface area (TPSA) is 147 Å². The minimum atomic E-state index is -1.13. The van der Waals surface area contributed by atoms with Crippen LogP contribution in [0, 0.1) is 0 Å². The minimum Gasteiger partial charge on any atom is -0.430 e. The molecule has 0 bridgehead atoms. The summed E-state index contributed by atoms with van der Waals surface area (Å²) in [5.74, 6) is -1.14. The molecule has 0 aromatic heterocycles. The molecule has 2 amide bonds. The third-order valence-electron chi connectivity index (χ3n) is 4.28. The average Bonchev–Trinajstić information content (AvgIpc) is 3.18. The Kier molecular flexibility index (Phi) is 21.0. The summed E-state index contributed by atoms with van der Waals surface area (Å²) >= 11 is 0. The van der Waals surface area contributed by atoms with E-state index in [0.29, 0.717) is 97.6 Å². The molecule has 0 spiro atoms. The predicted octanol–water partition coefficient (Wildman–Crippen LogP) is -0.0338. The molecule has 0 atom stereocenters. The van der Waals surface area contributed by atoms with Gasteiger partial charge in [0.25, 0.3) is 11.8 Å². The van der Waals surface area contributed by atoms with E-state index in [1.54, 1.807) is 7.11 Å². The van der Waals surface area contributed by atoms with E-state index in [2.05, 4.69) is 4.84 Å². The van der Waals surface area contributed by atoms with E-state index in [1.165, 1.54) is 0 Å². The van der Waals surface area contributed by atoms with Crippen molar-refractivity contribution in [3.05, 3.63) is 0 Å². The molecule has 1 heterocycles. The van der Waals surface area contributed by atoms with Gasteiger partial charge in [0.05, 0.1) is 99.1 Å². The number of ether oxygens (including phenoxy) is 9. The van der Waals surface area contributed by atoms with Crippen molar-refractivity contribution >= 4 is 18.0 Å². The van der Waals surface area contributed by atoms with Gasteiger partial charge in [-0.25, -0.2) is 4.79 Å². The highest BCUT2D eigenvalue weighted by Crippen LogP contribution is 2.12. The van der Waals surface area contributed by atoms with Crippen LogP contribution in [0.1, 0.15) is 12.8 Å². The van der Waals surface area contributed by atoms with Crippen LogP contribution < -0.4 is 0 Å². The molecule has 210 valence electrons. The van der Waals surface area contributed by atoms with Crippen LogP contribution in [-0.4, -0.2) is 136 Å². The quantitative estimate of drug-likeness (QED) is 0.0893. The van der Waals surface area contributed by atoms with Gasteiger partial charge in [-0.1, -0.05) is 5.06 Å². The highest BCUT2D eigenvalue weighted by atomic mass is 16.8. The Bertz CT molecular complexity index is 562. The first-order valence-electron chi connectivity index (χ1n) is 11.9. The fourth-order valence-corrected chi connectivity index (χ4v) is 2.51. The molecule has 1 saturated heterocycles. The molecular formula is C22H39NO13. The molecule has 0 aliphatic carbocycles. The van der Waals surface area contributed by atoms with E-state index in [1.807, 2.05) is 0 Å². The van der Waals surface area contributed by atoms with Gasteiger partial charge in [-0.2, -0.15) is 0 Å². The average molecular weight is 526 g/mol. The molecule has 14 heteroatoms. The van der Waals surface area contributed by atoms with Crippen molar-refractivity contribution in [2.24, 2.45) is 0 Å². The van der Waals surface area contributed by atoms with Crippen LogP contribution in [0.5, 0.6) is 0 Å². The van der Waals surface area contributed by atoms with Crippen LogP contribution in [0.4, 0.5) is 4.79 Å². The number of carbonyl (C=O) groups is 3. The molecule has 1 rings (SSSR count). The van der Waals surface area contributed by atoms with Crippen molar-refractivity contribution < 1.29 is 61.9 Å². The van der Waals surface area contributed by atoms with E-state index in [-0.39, 0.29) is 26.1 Å². The van der Waals surface area contributed by atoms with E-state index in [9.17, 15) is 14.4 Å². The molecule has 0 saturated carbocycles. The van der Waals surface area contributed by atoms with E-state index in [4.69, 9.17) is 42.6 Å². The molecule has 0 aromatic rings. The lowest BCUT2D eigenvalue weighted by molar-refractivity contribution is -0.177. The van der Waals surface area contributed by atoms with Gasteiger partial charge in [-0.15, -0.1) is 0 Å². The van der Waals surface area contributed by atoms with Gasteiger partial charge in [0.15, 0.2) is 0 Å². The first kappa shape index (κ1) is 32.1. The normalized spacial score (nSPS) is 13.5. The molecule has 0 radical (unpaired) electrons. The molecule has 14 nitrogen and oxygen atoms in total. The number of imide groups is 1. The van der Waals surface area contributed by atoms with Crippen LogP contribution in [-0.2, 0) is 57.1 Å². The van der Waals surface area contributed by atoms with Crippen molar-refractivity contribution in [2.45, 2.75) is 12.8 Å². The lowest BCUT2D eigenvalue weighted by atomic mass is 10.4. The Balaban J connectivity index is 1.70. The predicted molar refractivity (Wildman–Crippen MR) is 121 cm³/mol. The second-order valence-electron chi connectivity index (χ2n) is 7.05. The lowest BCUT2D eigenvalue weighted by Gasteiger charge is -2.12. The van der Waals surface area contributed by atoms with Gasteiger partial charge in [0.1, 0.15) is 6.61 Å². The molecule has 1 aliphatic heterocycles. The van der Waals surface area contributed by atoms with Gasteiger partial charge in [0.2, 0.25) is 0 Å². The zero-order chi connectivity index (χ0) is 26.1. The number of hydrogen-bond acceptors (Lipinski definition) is 13. The largest absolute Gasteiger partial charge is 0.534 e. The first-order valence-corrected chi connectivity index (χ1v) is 11.9. The fourth-order valence-electron chi connectivity index (χ4n) is 2.51. The summed E-state index contributed by atoms with van der Waals surface area (Å²) in [5.41, 5.74) is 0. The van der Waals surface area contributed by atoms with E-state index in [0.717, 1.165) is 0 Å². The number of carbonyl (C=O) groups excluding carboxylic acids is 3. The molecular weight excluding hydrogens is 486 g/mol. The molecule has 0 aromatic carbocycles. The van der Waals surface area contributed by atoms with Crippen LogP contribution in [0.15, 0.2) is 0 Å². The highest BCUT2D eigenvalue weighted by Gasteiger charge is 2.33. The summed E-state index contributed by atoms with van der Waals surface area (Å²) in [6.45, 7) is 6.63. The Labute approximate surface area is 211 Å². The first-order chi connectivity index (χ1) is 17.6. The molecule has 1 fully saturated rings. The van der Waals surface area contributed by atoms with Crippen LogP contribution >= 0.6 is 0 Å². The van der Waals surface area contributed by atoms with Crippen LogP contribution in [0.2, 0.25) is 0 Å². The molecule has 36 heavy (non-hydrogen) atoms. The van der Waals surface area contributed by atoms with Crippen molar-refractivity contribution in [3.8, 4) is 0 Å². The molecule has 1 aliphatic rings. The summed E-state index contributed by atoms with van der Waals surface area (Å²) < 4.78 is 47.0. The SMILES string of the molecule is COCCOCCOCCOCCOCCOCCOCCOCCOC(=O)ON1C(=O)CCC1=O. The third kappa shape index (κ3) is 18.4. The minimum absolute atomic E-state index is 0.0223. The number of amides is 2. The van der Waals surface area contributed by atoms with Crippen molar-refractivity contribution in [1.29, 1.82) is 0 Å². The fraction of sp³-hybridized carbons (Fsp3) is 0.864. The molecule has 0 N–H and O–H groups in total. The van der Waals surface area contributed by atoms with Gasteiger partial charge < -0.3 is 42.6 Å². The Morgan fingerprint density at radius 2 is 0.861 bits per heavy atom. The summed E-state index contributed by atoms with van der Waals surface area (Å²) in [5, 5.41) is 0.420. The standard InChI is InChI=1S/C22H39NO13/c1-27-4-5-28-6-7-29-8-9-30-10-11-31-12-13-32-14-15-33-16-17-34-18-19-35-22(26)36-23-20(24)2-3-21(23)25/h2-19H2,1H3. The maximum atomic E-state index is 11.4. The number of hydrogen-bond donors (Lipinski definition) is 0. The summed E-state index contributed by atoms with van der Waals surface area (Å²) in [7, 11) is 1.63. The maximum Gasteiger partial charge on any atom is 0.534 e. The van der Waals surface area contributed by atoms with E-state index >= 15 is 0 Å². The van der Waals surface area contributed by atoms with E-state index < -0.39 is 18.0 Å². The zero-order valence-electron chi connectivity index (χ0n) is 21.0. The highest BCUT2D eigenvalue weighted by molar-refractivity contribution is 6.01. The van der Waals surface area contributed by atoms with Gasteiger partial charge in [0, 0.05) is 20.0 Å². The summed E-state index contributed by atoms with van der Waals surface area (Å²) in [4.78, 5) is 38.6. The second kappa shape index (κ2) is 23.5. The number of hydroxylamine groups is 2. The Hall–Kier alpha value is -1.91. The third-order valence-corrected chi connectivity index (χ3v) is 4.28. The summed E-state index contributed by atoms with van der Waals surface area (Å²) in [6, 6.07) is 0. The van der Waals surface area contributed by atoms with Crippen molar-refractivity contribution in [1.82, 2.24) is 5.06 Å². The van der Waals surface area contributed by atoms with Gasteiger partial charge in [-0.3, -0.25) is 14.4 Å². The van der Waals surface area contributed by atoms with Gasteiger partial charge >= 0.3 is 6.16 Å². The summed E-state index contributed by atoms with van der Waals surface area (Å²) in [6.07, 6.45) is -1.09. The van der Waals surface area contributed by atoms with Gasteiger partial charge in [-0.05, 0) is 0 Å². The lowest BCUT2D eigenvalue weighted by Crippen LogP contribution is -2.32. The second-order valence-corrected chi connectivity index (χ2v) is 7.05. The zero-order valence-corrected chi connectivity index (χ0v) is 21.0. The molecule has 0 unspecified atom stereocenters. The smallest absolute Gasteiger partial charge is 0.430 e. The maximum absolute atomic E-state index is 11.4. The van der Waals surface area contributed by atoms with Crippen molar-refractivity contribution in [3.63, 3.8) is 0 Å². The number of nitrogens with zero attached hydrogens (tertiary/aromatic N) is 1. The van der Waals surface area contributed by atoms with Crippen LogP contribution in [0.3, 0.4) is 0 Å². The number of rotatable bonds is 25. The Morgan fingerprint density at radius 3 is 1.19 bits per heavy atom. The van der Waals surface area contributed by atoms with Crippen molar-refractivity contribution in [2.75, 3.05) is 113 Å². The number of methoxy groups -OCH3 is 1. The monoisotopic (exact) mass is 525 g/mol. The Morgan fingerprint density at radius 1 is 0.556 bits per heavy atom.